The molecule has 1 atom stereocenters. The predicted molar refractivity (Wildman–Crippen MR) is 152 cm³/mol. The van der Waals surface area contributed by atoms with Crippen LogP contribution in [0.4, 0.5) is 30.8 Å². The van der Waals surface area contributed by atoms with Gasteiger partial charge >= 0.3 is 6.18 Å². The van der Waals surface area contributed by atoms with Crippen LogP contribution in [0.1, 0.15) is 54.4 Å². The first-order valence-corrected chi connectivity index (χ1v) is 14.0. The van der Waals surface area contributed by atoms with Gasteiger partial charge in [0, 0.05) is 55.1 Å². The summed E-state index contributed by atoms with van der Waals surface area (Å²) in [6.07, 6.45) is 5.61. The number of aromatic nitrogens is 4. The number of nitrogens with zero attached hydrogens (tertiary/aromatic N) is 5. The van der Waals surface area contributed by atoms with Crippen LogP contribution in [0.25, 0.3) is 16.8 Å². The molecule has 1 amide bonds. The maximum Gasteiger partial charge on any atom is 0.416 e. The highest BCUT2D eigenvalue weighted by Crippen LogP contribution is 2.35. The highest BCUT2D eigenvalue weighted by molar-refractivity contribution is 6.04. The van der Waals surface area contributed by atoms with Crippen LogP contribution >= 0.6 is 0 Å². The molecule has 42 heavy (non-hydrogen) atoms. The molecule has 6 rings (SSSR count). The van der Waals surface area contributed by atoms with Crippen LogP contribution < -0.4 is 16.0 Å². The van der Waals surface area contributed by atoms with Crippen molar-refractivity contribution in [1.82, 2.24) is 19.4 Å². The largest absolute Gasteiger partial charge is 0.416 e. The van der Waals surface area contributed by atoms with E-state index in [0.717, 1.165) is 63.5 Å². The number of benzene rings is 1. The molecular weight excluding hydrogens is 547 g/mol. The third-order valence-corrected chi connectivity index (χ3v) is 8.17. The van der Waals surface area contributed by atoms with Gasteiger partial charge in [-0.15, -0.1) is 0 Å². The third-order valence-electron chi connectivity index (χ3n) is 8.17. The Morgan fingerprint density at radius 3 is 2.52 bits per heavy atom. The molecule has 1 aliphatic heterocycles. The molecule has 2 aliphatic rings. The van der Waals surface area contributed by atoms with E-state index < -0.39 is 17.6 Å². The van der Waals surface area contributed by atoms with Crippen molar-refractivity contribution in [2.24, 2.45) is 11.8 Å². The molecule has 0 bridgehead atoms. The Labute approximate surface area is 240 Å². The fourth-order valence-corrected chi connectivity index (χ4v) is 5.71. The number of carbonyl (C=O) groups is 2. The number of hydrogen-bond acceptors (Lipinski definition) is 7. The van der Waals surface area contributed by atoms with Crippen LogP contribution in [0.2, 0.25) is 0 Å². The molecule has 3 aromatic heterocycles. The molecule has 218 valence electrons. The van der Waals surface area contributed by atoms with E-state index in [1.807, 2.05) is 10.6 Å². The van der Waals surface area contributed by atoms with Gasteiger partial charge in [-0.2, -0.15) is 13.2 Å². The SMILES string of the molecule is Nc1nccn2c(N3CCC[C@H](CC(=O)C4CCC4)C3)nc(-c3ccc(C(=O)Nc4cc(C(F)(F)F)ccn4)cc3)c12. The lowest BCUT2D eigenvalue weighted by molar-refractivity contribution is -0.137. The zero-order valence-corrected chi connectivity index (χ0v) is 22.8. The first kappa shape index (κ1) is 27.7. The van der Waals surface area contributed by atoms with Crippen LogP contribution in [0.3, 0.4) is 0 Å². The molecule has 4 heterocycles. The van der Waals surface area contributed by atoms with E-state index in [-0.39, 0.29) is 23.2 Å². The third kappa shape index (κ3) is 5.53. The Balaban J connectivity index is 1.23. The molecule has 0 unspecified atom stereocenters. The van der Waals surface area contributed by atoms with Gasteiger partial charge in [0.15, 0.2) is 0 Å². The molecule has 0 radical (unpaired) electrons. The maximum absolute atomic E-state index is 13.0. The number of piperidine rings is 1. The number of nitrogens with two attached hydrogens (primary N) is 1. The Morgan fingerprint density at radius 1 is 1.02 bits per heavy atom. The van der Waals surface area contributed by atoms with Crippen LogP contribution in [-0.4, -0.2) is 44.1 Å². The van der Waals surface area contributed by atoms with Crippen molar-refractivity contribution in [3.8, 4) is 11.3 Å². The van der Waals surface area contributed by atoms with Crippen molar-refractivity contribution in [2.75, 3.05) is 29.0 Å². The summed E-state index contributed by atoms with van der Waals surface area (Å²) in [7, 11) is 0. The topological polar surface area (TPSA) is 119 Å². The average molecular weight is 578 g/mol. The minimum atomic E-state index is -4.55. The van der Waals surface area contributed by atoms with Gasteiger partial charge < -0.3 is 16.0 Å². The molecule has 1 saturated heterocycles. The summed E-state index contributed by atoms with van der Waals surface area (Å²) < 4.78 is 41.0. The fourth-order valence-electron chi connectivity index (χ4n) is 5.71. The number of fused-ring (bicyclic) bond motifs is 1. The van der Waals surface area contributed by atoms with Gasteiger partial charge in [0.2, 0.25) is 5.95 Å². The van der Waals surface area contributed by atoms with Gasteiger partial charge in [0.1, 0.15) is 28.6 Å². The number of alkyl halides is 3. The maximum atomic E-state index is 13.0. The lowest BCUT2D eigenvalue weighted by Gasteiger charge is -2.34. The number of ketones is 1. The number of pyridine rings is 1. The summed E-state index contributed by atoms with van der Waals surface area (Å²) >= 11 is 0. The second-order valence-corrected chi connectivity index (χ2v) is 11.0. The second-order valence-electron chi connectivity index (χ2n) is 11.0. The number of amides is 1. The molecule has 12 heteroatoms. The van der Waals surface area contributed by atoms with Crippen molar-refractivity contribution in [2.45, 2.75) is 44.7 Å². The number of imidazole rings is 1. The first-order chi connectivity index (χ1) is 20.2. The van der Waals surface area contributed by atoms with Crippen LogP contribution in [-0.2, 0) is 11.0 Å². The monoisotopic (exact) mass is 577 g/mol. The van der Waals surface area contributed by atoms with E-state index in [1.165, 1.54) is 0 Å². The van der Waals surface area contributed by atoms with Gasteiger partial charge in [-0.05, 0) is 55.9 Å². The highest BCUT2D eigenvalue weighted by atomic mass is 19.4. The number of halogens is 3. The van der Waals surface area contributed by atoms with Gasteiger partial charge in [-0.3, -0.25) is 14.0 Å². The number of anilines is 3. The zero-order chi connectivity index (χ0) is 29.4. The summed E-state index contributed by atoms with van der Waals surface area (Å²) in [5.74, 6) is 1.10. The number of carbonyl (C=O) groups excluding carboxylic acids is 2. The molecule has 0 spiro atoms. The van der Waals surface area contributed by atoms with Crippen molar-refractivity contribution < 1.29 is 22.8 Å². The number of nitrogen functional groups attached to an aromatic ring is 1. The van der Waals surface area contributed by atoms with Crippen molar-refractivity contribution in [1.29, 1.82) is 0 Å². The van der Waals surface area contributed by atoms with Crippen LogP contribution in [0, 0.1) is 11.8 Å². The van der Waals surface area contributed by atoms with Gasteiger partial charge in [0.05, 0.1) is 5.56 Å². The van der Waals surface area contributed by atoms with Gasteiger partial charge in [0.25, 0.3) is 5.91 Å². The predicted octanol–water partition coefficient (Wildman–Crippen LogP) is 5.62. The molecule has 4 aromatic rings. The molecule has 2 fully saturated rings. The van der Waals surface area contributed by atoms with E-state index >= 15 is 0 Å². The Bertz CT molecular complexity index is 1630. The van der Waals surface area contributed by atoms with E-state index in [1.54, 1.807) is 30.5 Å². The molecule has 3 N–H and O–H groups in total. The number of rotatable bonds is 7. The summed E-state index contributed by atoms with van der Waals surface area (Å²) in [5, 5.41) is 2.42. The minimum absolute atomic E-state index is 0.197. The minimum Gasteiger partial charge on any atom is -0.382 e. The van der Waals surface area contributed by atoms with Crippen LogP contribution in [0.5, 0.6) is 0 Å². The Kier molecular flexibility index (Phi) is 7.29. The summed E-state index contributed by atoms with van der Waals surface area (Å²) in [6, 6.07) is 8.19. The van der Waals surface area contributed by atoms with E-state index in [0.29, 0.717) is 40.7 Å². The standard InChI is InChI=1S/C30H30F3N7O2/c31-30(32,33)22-10-11-35-24(16-22)37-28(42)21-8-6-20(7-9-21)25-26-27(34)36-12-14-40(26)29(38-25)39-13-2-3-18(17-39)15-23(41)19-4-1-5-19/h6-12,14,16,18-19H,1-5,13,15,17H2,(H2,34,36)(H,35,37,42)/t18-/m1/s1. The molecule has 1 saturated carbocycles. The summed E-state index contributed by atoms with van der Waals surface area (Å²) in [5.41, 5.74) is 7.56. The molecule has 1 aliphatic carbocycles. The van der Waals surface area contributed by atoms with E-state index in [2.05, 4.69) is 20.2 Å². The fraction of sp³-hybridized carbons (Fsp3) is 0.367. The van der Waals surface area contributed by atoms with Crippen molar-refractivity contribution >= 4 is 34.8 Å². The smallest absolute Gasteiger partial charge is 0.382 e. The van der Waals surface area contributed by atoms with E-state index in [9.17, 15) is 22.8 Å². The van der Waals surface area contributed by atoms with Gasteiger partial charge in [-0.1, -0.05) is 18.6 Å². The number of hydrogen-bond donors (Lipinski definition) is 2. The quantitative estimate of drug-likeness (QED) is 0.293. The summed E-state index contributed by atoms with van der Waals surface area (Å²) in [6.45, 7) is 1.53. The zero-order valence-electron chi connectivity index (χ0n) is 22.8. The normalized spacial score (nSPS) is 17.7. The summed E-state index contributed by atoms with van der Waals surface area (Å²) in [4.78, 5) is 40.7. The van der Waals surface area contributed by atoms with Crippen molar-refractivity contribution in [3.63, 3.8) is 0 Å². The van der Waals surface area contributed by atoms with E-state index in [4.69, 9.17) is 10.7 Å². The molecule has 9 nitrogen and oxygen atoms in total. The van der Waals surface area contributed by atoms with Gasteiger partial charge in [-0.25, -0.2) is 15.0 Å². The van der Waals surface area contributed by atoms with Crippen LogP contribution in [0.15, 0.2) is 55.0 Å². The number of nitrogens with one attached hydrogen (secondary N) is 1. The Morgan fingerprint density at radius 2 is 1.81 bits per heavy atom. The van der Waals surface area contributed by atoms with Crippen molar-refractivity contribution in [3.05, 3.63) is 66.1 Å². The first-order valence-electron chi connectivity index (χ1n) is 14.0. The molecule has 1 aromatic carbocycles. The Hall–Kier alpha value is -4.48. The lowest BCUT2D eigenvalue weighted by Crippen LogP contribution is -2.38. The molecular formula is C30H30F3N7O2. The second kappa shape index (κ2) is 11.1. The average Bonchev–Trinajstić information content (AvgIpc) is 3.33. The lowest BCUT2D eigenvalue weighted by atomic mass is 9.78. The number of Topliss-reactive ketones (excluding diaryl/α,β-unsaturated/α-hetero) is 1. The highest BCUT2D eigenvalue weighted by Gasteiger charge is 2.32.